The maximum atomic E-state index is 5.75. The Morgan fingerprint density at radius 1 is 1.00 bits per heavy atom. The van der Waals surface area contributed by atoms with Gasteiger partial charge in [-0.1, -0.05) is 18.2 Å². The van der Waals surface area contributed by atoms with Gasteiger partial charge in [-0.25, -0.2) is 0 Å². The monoisotopic (exact) mass is 229 g/mol. The molecule has 0 spiro atoms. The average Bonchev–Trinajstić information content (AvgIpc) is 2.84. The predicted molar refractivity (Wildman–Crippen MR) is 70.3 cm³/mol. The predicted octanol–water partition coefficient (Wildman–Crippen LogP) is 3.66. The van der Waals surface area contributed by atoms with Crippen LogP contribution in [0.4, 0.5) is 0 Å². The first-order valence-electron chi connectivity index (χ1n) is 6.15. The number of hydrogen-bond donors (Lipinski definition) is 0. The van der Waals surface area contributed by atoms with Gasteiger partial charge in [-0.05, 0) is 43.5 Å². The van der Waals surface area contributed by atoms with Gasteiger partial charge in [0.05, 0.1) is 6.61 Å². The van der Waals surface area contributed by atoms with Crippen molar-refractivity contribution in [1.82, 2.24) is 4.57 Å². The third-order valence-electron chi connectivity index (χ3n) is 2.83. The lowest BCUT2D eigenvalue weighted by Crippen LogP contribution is -2.01. The summed E-state index contributed by atoms with van der Waals surface area (Å²) in [6.07, 6.45) is 6.44. The molecule has 1 heterocycles. The number of ether oxygens (including phenoxy) is 1. The molecule has 0 fully saturated rings. The maximum absolute atomic E-state index is 5.75. The fourth-order valence-corrected chi connectivity index (χ4v) is 1.82. The molecule has 0 saturated heterocycles. The molecular formula is C15H19NO. The van der Waals surface area contributed by atoms with Gasteiger partial charge in [-0.3, -0.25) is 0 Å². The number of benzene rings is 1. The van der Waals surface area contributed by atoms with Crippen molar-refractivity contribution in [3.05, 3.63) is 54.4 Å². The second-order valence-corrected chi connectivity index (χ2v) is 4.24. The van der Waals surface area contributed by atoms with E-state index in [2.05, 4.69) is 42.1 Å². The van der Waals surface area contributed by atoms with Crippen molar-refractivity contribution >= 4 is 0 Å². The summed E-state index contributed by atoms with van der Waals surface area (Å²) in [5.74, 6) is 1.01. The van der Waals surface area contributed by atoms with E-state index in [9.17, 15) is 0 Å². The van der Waals surface area contributed by atoms with Gasteiger partial charge in [0.25, 0.3) is 0 Å². The van der Waals surface area contributed by atoms with Crippen LogP contribution in [0.5, 0.6) is 5.75 Å². The molecule has 1 aromatic carbocycles. The zero-order valence-corrected chi connectivity index (χ0v) is 10.3. The van der Waals surface area contributed by atoms with Gasteiger partial charge in [-0.15, -0.1) is 0 Å². The van der Waals surface area contributed by atoms with Crippen LogP contribution in [-0.2, 0) is 6.54 Å². The highest BCUT2D eigenvalue weighted by atomic mass is 16.5. The maximum Gasteiger partial charge on any atom is 0.122 e. The molecule has 0 saturated carbocycles. The summed E-state index contributed by atoms with van der Waals surface area (Å²) < 4.78 is 7.95. The summed E-state index contributed by atoms with van der Waals surface area (Å²) in [7, 11) is 0. The topological polar surface area (TPSA) is 14.2 Å². The number of aryl methyl sites for hydroxylation is 2. The lowest BCUT2D eigenvalue weighted by atomic mass is 10.2. The summed E-state index contributed by atoms with van der Waals surface area (Å²) in [6.45, 7) is 3.95. The van der Waals surface area contributed by atoms with Gasteiger partial charge in [0.2, 0.25) is 0 Å². The number of hydrogen-bond acceptors (Lipinski definition) is 1. The molecule has 2 nitrogen and oxygen atoms in total. The third-order valence-corrected chi connectivity index (χ3v) is 2.83. The lowest BCUT2D eigenvalue weighted by molar-refractivity contribution is 0.301. The van der Waals surface area contributed by atoms with Gasteiger partial charge in [0.1, 0.15) is 5.75 Å². The largest absolute Gasteiger partial charge is 0.493 e. The molecule has 17 heavy (non-hydrogen) atoms. The third kappa shape index (κ3) is 3.66. The number of para-hydroxylation sites is 1. The quantitative estimate of drug-likeness (QED) is 0.689. The number of nitrogens with zero attached hydrogens (tertiary/aromatic N) is 1. The van der Waals surface area contributed by atoms with E-state index in [1.54, 1.807) is 0 Å². The van der Waals surface area contributed by atoms with Crippen LogP contribution in [0.25, 0.3) is 0 Å². The molecule has 0 atom stereocenters. The zero-order chi connectivity index (χ0) is 11.9. The zero-order valence-electron chi connectivity index (χ0n) is 10.3. The first kappa shape index (κ1) is 11.8. The molecule has 0 amide bonds. The van der Waals surface area contributed by atoms with Crippen molar-refractivity contribution in [2.24, 2.45) is 0 Å². The van der Waals surface area contributed by atoms with Crippen LogP contribution in [-0.4, -0.2) is 11.2 Å². The molecule has 0 N–H and O–H groups in total. The molecule has 0 aliphatic heterocycles. The van der Waals surface area contributed by atoms with E-state index in [1.165, 1.54) is 5.56 Å². The van der Waals surface area contributed by atoms with E-state index in [4.69, 9.17) is 4.74 Å². The fourth-order valence-electron chi connectivity index (χ4n) is 1.82. The number of aromatic nitrogens is 1. The van der Waals surface area contributed by atoms with Crippen LogP contribution in [0, 0.1) is 6.92 Å². The van der Waals surface area contributed by atoms with Crippen LogP contribution in [0.2, 0.25) is 0 Å². The van der Waals surface area contributed by atoms with E-state index < -0.39 is 0 Å². The minimum atomic E-state index is 0.798. The second kappa shape index (κ2) is 6.14. The summed E-state index contributed by atoms with van der Waals surface area (Å²) in [6, 6.07) is 12.3. The van der Waals surface area contributed by atoms with Crippen LogP contribution >= 0.6 is 0 Å². The van der Waals surface area contributed by atoms with Crippen molar-refractivity contribution in [2.45, 2.75) is 26.3 Å². The summed E-state index contributed by atoms with van der Waals surface area (Å²) in [5.41, 5.74) is 1.21. The highest BCUT2D eigenvalue weighted by Gasteiger charge is 1.97. The van der Waals surface area contributed by atoms with Gasteiger partial charge in [0, 0.05) is 18.9 Å². The lowest BCUT2D eigenvalue weighted by Gasteiger charge is -2.08. The van der Waals surface area contributed by atoms with Crippen LogP contribution in [0.3, 0.4) is 0 Å². The van der Waals surface area contributed by atoms with Crippen molar-refractivity contribution in [2.75, 3.05) is 6.61 Å². The molecule has 1 aromatic heterocycles. The van der Waals surface area contributed by atoms with Crippen LogP contribution in [0.1, 0.15) is 18.4 Å². The van der Waals surface area contributed by atoms with Gasteiger partial charge >= 0.3 is 0 Å². The molecule has 90 valence electrons. The van der Waals surface area contributed by atoms with Crippen molar-refractivity contribution in [3.63, 3.8) is 0 Å². The van der Waals surface area contributed by atoms with E-state index >= 15 is 0 Å². The van der Waals surface area contributed by atoms with Crippen LogP contribution < -0.4 is 4.74 Å². The molecule has 0 radical (unpaired) electrons. The average molecular weight is 229 g/mol. The van der Waals surface area contributed by atoms with Crippen molar-refractivity contribution in [1.29, 1.82) is 0 Å². The highest BCUT2D eigenvalue weighted by molar-refractivity contribution is 5.31. The van der Waals surface area contributed by atoms with Crippen molar-refractivity contribution in [3.8, 4) is 5.75 Å². The minimum absolute atomic E-state index is 0.798. The number of unbranched alkanes of at least 4 members (excludes halogenated alkanes) is 1. The molecule has 0 aliphatic rings. The molecule has 2 rings (SSSR count). The molecular weight excluding hydrogens is 210 g/mol. The van der Waals surface area contributed by atoms with Gasteiger partial charge < -0.3 is 9.30 Å². The Kier molecular flexibility index (Phi) is 4.25. The Morgan fingerprint density at radius 2 is 1.76 bits per heavy atom. The second-order valence-electron chi connectivity index (χ2n) is 4.24. The Morgan fingerprint density at radius 3 is 2.53 bits per heavy atom. The normalized spacial score (nSPS) is 10.4. The number of rotatable bonds is 6. The molecule has 0 bridgehead atoms. The highest BCUT2D eigenvalue weighted by Crippen LogP contribution is 2.16. The van der Waals surface area contributed by atoms with E-state index in [0.717, 1.165) is 31.7 Å². The summed E-state index contributed by atoms with van der Waals surface area (Å²) in [5, 5.41) is 0. The molecule has 0 unspecified atom stereocenters. The summed E-state index contributed by atoms with van der Waals surface area (Å²) in [4.78, 5) is 0. The summed E-state index contributed by atoms with van der Waals surface area (Å²) >= 11 is 0. The minimum Gasteiger partial charge on any atom is -0.493 e. The van der Waals surface area contributed by atoms with E-state index in [0.29, 0.717) is 0 Å². The molecule has 2 aromatic rings. The van der Waals surface area contributed by atoms with Gasteiger partial charge in [0.15, 0.2) is 0 Å². The first-order valence-corrected chi connectivity index (χ1v) is 6.15. The van der Waals surface area contributed by atoms with E-state index in [-0.39, 0.29) is 0 Å². The van der Waals surface area contributed by atoms with Gasteiger partial charge in [-0.2, -0.15) is 0 Å². The standard InChI is InChI=1S/C15H19NO/c1-14-8-2-3-9-15(14)17-13-7-6-12-16-10-4-5-11-16/h2-5,8-11H,6-7,12-13H2,1H3. The van der Waals surface area contributed by atoms with Crippen LogP contribution in [0.15, 0.2) is 48.8 Å². The Hall–Kier alpha value is -1.70. The SMILES string of the molecule is Cc1ccccc1OCCCCn1cccc1. The Labute approximate surface area is 103 Å². The Bertz CT molecular complexity index is 434. The van der Waals surface area contributed by atoms with Crippen molar-refractivity contribution < 1.29 is 4.74 Å². The van der Waals surface area contributed by atoms with E-state index in [1.807, 2.05) is 18.2 Å². The first-order chi connectivity index (χ1) is 8.36. The molecule has 0 aliphatic carbocycles. The Balaban J connectivity index is 1.65. The molecule has 2 heteroatoms. The smallest absolute Gasteiger partial charge is 0.122 e. The fraction of sp³-hybridized carbons (Fsp3) is 0.333.